The third kappa shape index (κ3) is 1.64. The summed E-state index contributed by atoms with van der Waals surface area (Å²) in [6.07, 6.45) is 7.05. The molecule has 0 saturated heterocycles. The molecule has 1 aliphatic carbocycles. The minimum Gasteiger partial charge on any atom is -0.474 e. The van der Waals surface area contributed by atoms with Gasteiger partial charge in [-0.25, -0.2) is 4.98 Å². The Hall–Kier alpha value is -1.58. The Kier molecular flexibility index (Phi) is 2.27. The lowest BCUT2D eigenvalue weighted by Gasteiger charge is -2.12. The molecule has 1 saturated carbocycles. The predicted octanol–water partition coefficient (Wildman–Crippen LogP) is 2.59. The number of hydrogen-bond donors (Lipinski definition) is 1. The van der Waals surface area contributed by atoms with E-state index in [1.165, 1.54) is 12.8 Å². The van der Waals surface area contributed by atoms with E-state index in [-0.39, 0.29) is 0 Å². The lowest BCUT2D eigenvalue weighted by Crippen LogP contribution is -2.12. The van der Waals surface area contributed by atoms with Gasteiger partial charge in [-0.1, -0.05) is 0 Å². The summed E-state index contributed by atoms with van der Waals surface area (Å²) in [5, 5.41) is 0.984. The molecule has 0 aliphatic heterocycles. The maximum atomic E-state index is 5.96. The number of ether oxygens (including phenoxy) is 1. The minimum atomic E-state index is 0.340. The van der Waals surface area contributed by atoms with Gasteiger partial charge < -0.3 is 9.72 Å². The van der Waals surface area contributed by atoms with Crippen LogP contribution in [0.4, 0.5) is 0 Å². The fraction of sp³-hybridized carbons (Fsp3) is 0.500. The summed E-state index contributed by atoms with van der Waals surface area (Å²) in [6.45, 7) is 1.89. The second-order valence-corrected chi connectivity index (χ2v) is 4.34. The Balaban J connectivity index is 1.97. The van der Waals surface area contributed by atoms with Gasteiger partial charge in [-0.2, -0.15) is 4.98 Å². The van der Waals surface area contributed by atoms with Crippen LogP contribution >= 0.6 is 0 Å². The molecule has 3 rings (SSSR count). The zero-order valence-corrected chi connectivity index (χ0v) is 9.36. The highest BCUT2D eigenvalue weighted by Crippen LogP contribution is 2.27. The Morgan fingerprint density at radius 2 is 2.12 bits per heavy atom. The van der Waals surface area contributed by atoms with Crippen LogP contribution in [0.3, 0.4) is 0 Å². The zero-order valence-electron chi connectivity index (χ0n) is 9.36. The standard InChI is InChI=1S/C12H15N3O/c1-8-14-11-10(6-7-13-11)12(15-8)16-9-4-2-3-5-9/h6-7,9H,2-5H2,1H3,(H,13,14,15). The van der Waals surface area contributed by atoms with Gasteiger partial charge in [-0.05, 0) is 38.7 Å². The van der Waals surface area contributed by atoms with Gasteiger partial charge in [-0.15, -0.1) is 0 Å². The number of H-pyrrole nitrogens is 1. The number of aryl methyl sites for hydroxylation is 1. The van der Waals surface area contributed by atoms with Crippen molar-refractivity contribution < 1.29 is 4.74 Å². The summed E-state index contributed by atoms with van der Waals surface area (Å²) in [5.74, 6) is 1.48. The first kappa shape index (κ1) is 9.63. The molecule has 0 spiro atoms. The summed E-state index contributed by atoms with van der Waals surface area (Å²) in [5.41, 5.74) is 0.862. The molecule has 4 nitrogen and oxygen atoms in total. The van der Waals surface area contributed by atoms with Crippen molar-refractivity contribution in [2.24, 2.45) is 0 Å². The molecule has 0 unspecified atom stereocenters. The van der Waals surface area contributed by atoms with E-state index in [4.69, 9.17) is 4.74 Å². The molecule has 1 fully saturated rings. The van der Waals surface area contributed by atoms with Crippen LogP contribution in [0.1, 0.15) is 31.5 Å². The summed E-state index contributed by atoms with van der Waals surface area (Å²) < 4.78 is 5.96. The fourth-order valence-electron chi connectivity index (χ4n) is 2.27. The fourth-order valence-corrected chi connectivity index (χ4v) is 2.27. The van der Waals surface area contributed by atoms with Gasteiger partial charge in [0, 0.05) is 6.20 Å². The Bertz CT molecular complexity index is 500. The van der Waals surface area contributed by atoms with E-state index in [2.05, 4.69) is 15.0 Å². The van der Waals surface area contributed by atoms with Gasteiger partial charge >= 0.3 is 0 Å². The van der Waals surface area contributed by atoms with Gasteiger partial charge in [-0.3, -0.25) is 0 Å². The zero-order chi connectivity index (χ0) is 11.0. The van der Waals surface area contributed by atoms with Crippen molar-refractivity contribution in [2.45, 2.75) is 38.7 Å². The maximum absolute atomic E-state index is 5.96. The average Bonchev–Trinajstić information content (AvgIpc) is 2.87. The van der Waals surface area contributed by atoms with Crippen molar-refractivity contribution in [1.82, 2.24) is 15.0 Å². The summed E-state index contributed by atoms with van der Waals surface area (Å²) >= 11 is 0. The molecule has 1 aliphatic rings. The third-order valence-corrected chi connectivity index (χ3v) is 3.07. The molecule has 0 amide bonds. The van der Waals surface area contributed by atoms with E-state index in [0.717, 1.165) is 35.6 Å². The van der Waals surface area contributed by atoms with Crippen LogP contribution in [0.15, 0.2) is 12.3 Å². The maximum Gasteiger partial charge on any atom is 0.226 e. The van der Waals surface area contributed by atoms with Gasteiger partial charge in [0.15, 0.2) is 0 Å². The topological polar surface area (TPSA) is 50.8 Å². The molecule has 2 aromatic rings. The highest BCUT2D eigenvalue weighted by atomic mass is 16.5. The highest BCUT2D eigenvalue weighted by Gasteiger charge is 2.19. The van der Waals surface area contributed by atoms with Crippen molar-refractivity contribution >= 4 is 11.0 Å². The minimum absolute atomic E-state index is 0.340. The lowest BCUT2D eigenvalue weighted by atomic mass is 10.3. The average molecular weight is 217 g/mol. The summed E-state index contributed by atoms with van der Waals surface area (Å²) in [4.78, 5) is 11.8. The molecule has 84 valence electrons. The van der Waals surface area contributed by atoms with Gasteiger partial charge in [0.05, 0.1) is 5.39 Å². The van der Waals surface area contributed by atoms with Crippen LogP contribution in [0.2, 0.25) is 0 Å². The molecule has 16 heavy (non-hydrogen) atoms. The van der Waals surface area contributed by atoms with E-state index in [9.17, 15) is 0 Å². The highest BCUT2D eigenvalue weighted by molar-refractivity contribution is 5.80. The van der Waals surface area contributed by atoms with Gasteiger partial charge in [0.25, 0.3) is 0 Å². The predicted molar refractivity (Wildman–Crippen MR) is 61.5 cm³/mol. The van der Waals surface area contributed by atoms with E-state index in [1.807, 2.05) is 19.2 Å². The van der Waals surface area contributed by atoms with E-state index >= 15 is 0 Å². The van der Waals surface area contributed by atoms with E-state index < -0.39 is 0 Å². The first-order chi connectivity index (χ1) is 7.83. The van der Waals surface area contributed by atoms with Crippen LogP contribution in [0.5, 0.6) is 5.88 Å². The monoisotopic (exact) mass is 217 g/mol. The Morgan fingerprint density at radius 1 is 1.31 bits per heavy atom. The molecule has 4 heteroatoms. The molecule has 1 N–H and O–H groups in total. The first-order valence-corrected chi connectivity index (χ1v) is 5.81. The quantitative estimate of drug-likeness (QED) is 0.841. The van der Waals surface area contributed by atoms with Crippen molar-refractivity contribution in [3.8, 4) is 5.88 Å². The SMILES string of the molecule is Cc1nc(OC2CCCC2)c2cc[nH]c2n1. The van der Waals surface area contributed by atoms with Crippen LogP contribution in [-0.4, -0.2) is 21.1 Å². The van der Waals surface area contributed by atoms with Crippen LogP contribution in [-0.2, 0) is 0 Å². The molecule has 0 atom stereocenters. The smallest absolute Gasteiger partial charge is 0.226 e. The van der Waals surface area contributed by atoms with E-state index in [0.29, 0.717) is 6.10 Å². The molecule has 2 aromatic heterocycles. The second kappa shape index (κ2) is 3.77. The second-order valence-electron chi connectivity index (χ2n) is 4.34. The van der Waals surface area contributed by atoms with Gasteiger partial charge in [0.2, 0.25) is 5.88 Å². The lowest BCUT2D eigenvalue weighted by molar-refractivity contribution is 0.204. The number of hydrogen-bond acceptors (Lipinski definition) is 3. The number of nitrogens with one attached hydrogen (secondary N) is 1. The molecular formula is C12H15N3O. The Morgan fingerprint density at radius 3 is 2.94 bits per heavy atom. The number of nitrogens with zero attached hydrogens (tertiary/aromatic N) is 2. The van der Waals surface area contributed by atoms with Crippen molar-refractivity contribution in [3.63, 3.8) is 0 Å². The largest absolute Gasteiger partial charge is 0.474 e. The van der Waals surface area contributed by atoms with E-state index in [1.54, 1.807) is 0 Å². The van der Waals surface area contributed by atoms with Gasteiger partial charge in [0.1, 0.15) is 17.6 Å². The van der Waals surface area contributed by atoms with Crippen LogP contribution in [0.25, 0.3) is 11.0 Å². The normalized spacial score (nSPS) is 17.1. The van der Waals surface area contributed by atoms with Crippen molar-refractivity contribution in [3.05, 3.63) is 18.1 Å². The number of aromatic nitrogens is 3. The van der Waals surface area contributed by atoms with Crippen LogP contribution in [0, 0.1) is 6.92 Å². The molecule has 0 radical (unpaired) electrons. The summed E-state index contributed by atoms with van der Waals surface area (Å²) in [7, 11) is 0. The number of aromatic amines is 1. The van der Waals surface area contributed by atoms with Crippen molar-refractivity contribution in [2.75, 3.05) is 0 Å². The first-order valence-electron chi connectivity index (χ1n) is 5.81. The molecule has 2 heterocycles. The molecular weight excluding hydrogens is 202 g/mol. The molecule has 0 aromatic carbocycles. The molecule has 0 bridgehead atoms. The number of rotatable bonds is 2. The Labute approximate surface area is 94.1 Å². The third-order valence-electron chi connectivity index (χ3n) is 3.07. The number of fused-ring (bicyclic) bond motifs is 1. The van der Waals surface area contributed by atoms with Crippen molar-refractivity contribution in [1.29, 1.82) is 0 Å². The summed E-state index contributed by atoms with van der Waals surface area (Å²) in [6, 6.07) is 1.97. The van der Waals surface area contributed by atoms with Crippen LogP contribution < -0.4 is 4.74 Å².